The molecule has 0 aromatic carbocycles. The van der Waals surface area contributed by atoms with Crippen LogP contribution in [0.1, 0.15) is 0 Å². The second-order valence-electron chi connectivity index (χ2n) is 3.45. The molecule has 0 radical (unpaired) electrons. The fraction of sp³-hybridized carbons (Fsp3) is 0.500. The zero-order valence-electron chi connectivity index (χ0n) is 9.46. The predicted octanol–water partition coefficient (Wildman–Crippen LogP) is 0.673. The van der Waals surface area contributed by atoms with Crippen molar-refractivity contribution in [2.24, 2.45) is 0 Å². The molecule has 0 unspecified atom stereocenters. The molecule has 0 amide bonds. The van der Waals surface area contributed by atoms with Crippen molar-refractivity contribution in [3.8, 4) is 23.7 Å². The van der Waals surface area contributed by atoms with E-state index in [1.807, 2.05) is 38.0 Å². The quantitative estimate of drug-likeness (QED) is 0.591. The normalized spacial score (nSPS) is 9.86. The van der Waals surface area contributed by atoms with Crippen molar-refractivity contribution in [2.45, 2.75) is 0 Å². The number of hydrogen-bond donors (Lipinski definition) is 0. The van der Waals surface area contributed by atoms with Crippen LogP contribution >= 0.6 is 0 Å². The molecule has 2 nitrogen and oxygen atoms in total. The molecule has 0 aliphatic heterocycles. The van der Waals surface area contributed by atoms with E-state index in [0.717, 1.165) is 13.1 Å². The van der Waals surface area contributed by atoms with E-state index >= 15 is 0 Å². The van der Waals surface area contributed by atoms with Gasteiger partial charge in [-0.1, -0.05) is 23.7 Å². The molecule has 0 saturated carbocycles. The molecular weight excluding hydrogens is 172 g/mol. The maximum Gasteiger partial charge on any atom is 0.0600 e. The Bertz CT molecular complexity index is 249. The summed E-state index contributed by atoms with van der Waals surface area (Å²) in [6, 6.07) is 0. The van der Waals surface area contributed by atoms with E-state index in [0.29, 0.717) is 0 Å². The third-order valence-corrected chi connectivity index (χ3v) is 1.24. The molecule has 0 heterocycles. The summed E-state index contributed by atoms with van der Waals surface area (Å²) in [5.41, 5.74) is 0. The summed E-state index contributed by atoms with van der Waals surface area (Å²) in [6.45, 7) is 1.57. The number of allylic oxidation sites excluding steroid dienone is 2. The van der Waals surface area contributed by atoms with Crippen LogP contribution < -0.4 is 0 Å². The van der Waals surface area contributed by atoms with Gasteiger partial charge in [0.1, 0.15) is 0 Å². The van der Waals surface area contributed by atoms with Gasteiger partial charge in [0, 0.05) is 0 Å². The Kier molecular flexibility index (Phi) is 7.65. The molecule has 0 aliphatic carbocycles. The molecule has 0 saturated heterocycles. The molecule has 0 fully saturated rings. The highest BCUT2D eigenvalue weighted by atomic mass is 15.0. The molecule has 0 rings (SSSR count). The molecular formula is C12H18N2. The highest BCUT2D eigenvalue weighted by Gasteiger charge is 1.79. The van der Waals surface area contributed by atoms with Gasteiger partial charge in [-0.25, -0.2) is 0 Å². The van der Waals surface area contributed by atoms with Crippen molar-refractivity contribution >= 4 is 0 Å². The molecule has 0 aromatic heterocycles. The molecule has 0 N–H and O–H groups in total. The Morgan fingerprint density at radius 3 is 1.43 bits per heavy atom. The van der Waals surface area contributed by atoms with Crippen molar-refractivity contribution in [3.63, 3.8) is 0 Å². The van der Waals surface area contributed by atoms with Crippen LogP contribution in [0, 0.1) is 23.7 Å². The Morgan fingerprint density at radius 2 is 1.14 bits per heavy atom. The van der Waals surface area contributed by atoms with Gasteiger partial charge in [0.05, 0.1) is 13.1 Å². The van der Waals surface area contributed by atoms with Gasteiger partial charge < -0.3 is 0 Å². The van der Waals surface area contributed by atoms with Crippen molar-refractivity contribution < 1.29 is 0 Å². The third-order valence-electron chi connectivity index (χ3n) is 1.24. The van der Waals surface area contributed by atoms with Crippen LogP contribution in [0.2, 0.25) is 0 Å². The van der Waals surface area contributed by atoms with Crippen LogP contribution in [0.25, 0.3) is 0 Å². The molecule has 0 bridgehead atoms. The lowest BCUT2D eigenvalue weighted by Crippen LogP contribution is -2.10. The summed E-state index contributed by atoms with van der Waals surface area (Å²) in [7, 11) is 7.98. The first kappa shape index (κ1) is 12.8. The van der Waals surface area contributed by atoms with Gasteiger partial charge in [0.2, 0.25) is 0 Å². The standard InChI is InChI=1S/C12H18N2/c1-13(2)11-9-7-5-6-8-10-12-14(3)4/h5-6H,11-12H2,1-4H3/b6-5-. The summed E-state index contributed by atoms with van der Waals surface area (Å²) < 4.78 is 0. The Hall–Kier alpha value is -1.22. The Labute approximate surface area is 87.6 Å². The van der Waals surface area contributed by atoms with Crippen molar-refractivity contribution in [2.75, 3.05) is 41.3 Å². The van der Waals surface area contributed by atoms with Crippen LogP contribution in [-0.4, -0.2) is 51.1 Å². The molecule has 76 valence electrons. The molecule has 14 heavy (non-hydrogen) atoms. The Morgan fingerprint density at radius 1 is 0.786 bits per heavy atom. The zero-order valence-corrected chi connectivity index (χ0v) is 9.46. The minimum absolute atomic E-state index is 0.787. The maximum absolute atomic E-state index is 3.00. The van der Waals surface area contributed by atoms with Gasteiger partial charge in [0.15, 0.2) is 0 Å². The number of hydrogen-bond acceptors (Lipinski definition) is 2. The lowest BCUT2D eigenvalue weighted by molar-refractivity contribution is 0.464. The predicted molar refractivity (Wildman–Crippen MR) is 61.8 cm³/mol. The highest BCUT2D eigenvalue weighted by Crippen LogP contribution is 1.73. The smallest absolute Gasteiger partial charge is 0.0600 e. The van der Waals surface area contributed by atoms with Gasteiger partial charge in [-0.05, 0) is 40.3 Å². The lowest BCUT2D eigenvalue weighted by Gasteiger charge is -2.00. The van der Waals surface area contributed by atoms with Crippen LogP contribution in [-0.2, 0) is 0 Å². The van der Waals surface area contributed by atoms with E-state index < -0.39 is 0 Å². The molecule has 2 heteroatoms. The van der Waals surface area contributed by atoms with E-state index in [9.17, 15) is 0 Å². The van der Waals surface area contributed by atoms with Gasteiger partial charge >= 0.3 is 0 Å². The van der Waals surface area contributed by atoms with E-state index in [4.69, 9.17) is 0 Å². The van der Waals surface area contributed by atoms with Crippen LogP contribution in [0.5, 0.6) is 0 Å². The number of rotatable bonds is 2. The molecule has 0 aromatic rings. The first-order chi connectivity index (χ1) is 6.63. The second-order valence-corrected chi connectivity index (χ2v) is 3.45. The fourth-order valence-electron chi connectivity index (χ4n) is 0.609. The van der Waals surface area contributed by atoms with Crippen molar-refractivity contribution in [1.82, 2.24) is 9.80 Å². The van der Waals surface area contributed by atoms with Gasteiger partial charge in [0.25, 0.3) is 0 Å². The zero-order chi connectivity index (χ0) is 10.8. The topological polar surface area (TPSA) is 6.48 Å². The first-order valence-electron chi connectivity index (χ1n) is 4.54. The van der Waals surface area contributed by atoms with Crippen LogP contribution in [0.15, 0.2) is 12.2 Å². The fourth-order valence-corrected chi connectivity index (χ4v) is 0.609. The molecule has 0 aliphatic rings. The van der Waals surface area contributed by atoms with Crippen molar-refractivity contribution in [3.05, 3.63) is 12.2 Å². The first-order valence-corrected chi connectivity index (χ1v) is 4.54. The molecule has 0 atom stereocenters. The molecule has 0 spiro atoms. The maximum atomic E-state index is 3.00. The summed E-state index contributed by atoms with van der Waals surface area (Å²) in [5.74, 6) is 11.8. The van der Waals surface area contributed by atoms with Crippen LogP contribution in [0.3, 0.4) is 0 Å². The summed E-state index contributed by atoms with van der Waals surface area (Å²) >= 11 is 0. The number of nitrogens with zero attached hydrogens (tertiary/aromatic N) is 2. The second kappa shape index (κ2) is 8.38. The summed E-state index contributed by atoms with van der Waals surface area (Å²) in [4.78, 5) is 4.05. The largest absolute Gasteiger partial charge is 0.299 e. The monoisotopic (exact) mass is 190 g/mol. The van der Waals surface area contributed by atoms with Gasteiger partial charge in [-0.15, -0.1) is 0 Å². The average molecular weight is 190 g/mol. The summed E-state index contributed by atoms with van der Waals surface area (Å²) in [5, 5.41) is 0. The van der Waals surface area contributed by atoms with E-state index in [1.165, 1.54) is 0 Å². The Balaban J connectivity index is 3.69. The average Bonchev–Trinajstić information content (AvgIpc) is 2.08. The summed E-state index contributed by atoms with van der Waals surface area (Å²) in [6.07, 6.45) is 3.57. The lowest BCUT2D eigenvalue weighted by atomic mass is 10.4. The van der Waals surface area contributed by atoms with E-state index in [1.54, 1.807) is 12.2 Å². The minimum Gasteiger partial charge on any atom is -0.299 e. The highest BCUT2D eigenvalue weighted by molar-refractivity contribution is 5.25. The van der Waals surface area contributed by atoms with E-state index in [2.05, 4.69) is 23.7 Å². The van der Waals surface area contributed by atoms with Crippen LogP contribution in [0.4, 0.5) is 0 Å². The minimum atomic E-state index is 0.787. The van der Waals surface area contributed by atoms with Crippen molar-refractivity contribution in [1.29, 1.82) is 0 Å². The van der Waals surface area contributed by atoms with E-state index in [-0.39, 0.29) is 0 Å². The third kappa shape index (κ3) is 10.8. The van der Waals surface area contributed by atoms with Gasteiger partial charge in [-0.2, -0.15) is 0 Å². The van der Waals surface area contributed by atoms with Gasteiger partial charge in [-0.3, -0.25) is 9.80 Å². The SMILES string of the molecule is CN(C)CC#C/C=C\C#CCN(C)C.